The molecule has 56 heavy (non-hydrogen) atoms. The van der Waals surface area contributed by atoms with E-state index < -0.39 is 29.8 Å². The second-order valence-electron chi connectivity index (χ2n) is 14.7. The Bertz CT molecular complexity index is 720. The topological polar surface area (TPSA) is 201 Å². The first-order chi connectivity index (χ1) is 26.1. The van der Waals surface area contributed by atoms with Gasteiger partial charge in [-0.25, -0.2) is 0 Å². The van der Waals surface area contributed by atoms with Gasteiger partial charge in [-0.2, -0.15) is 0 Å². The summed E-state index contributed by atoms with van der Waals surface area (Å²) in [6, 6.07) is 0. The van der Waals surface area contributed by atoms with E-state index in [0.29, 0.717) is 0 Å². The predicted octanol–water partition coefficient (Wildman–Crippen LogP) is 6.71. The van der Waals surface area contributed by atoms with Gasteiger partial charge in [-0.15, -0.1) is 0 Å². The summed E-state index contributed by atoms with van der Waals surface area (Å²) in [6.07, 6.45) is 22.7. The summed E-state index contributed by atoms with van der Waals surface area (Å²) in [5, 5.41) is 52.4. The molecular weight excluding hydrogens is 751 g/mol. The summed E-state index contributed by atoms with van der Waals surface area (Å²) < 4.78 is 0. The third-order valence-electron chi connectivity index (χ3n) is 9.38. The van der Waals surface area contributed by atoms with Crippen LogP contribution in [0.15, 0.2) is 0 Å². The molecule has 10 nitrogen and oxygen atoms in total. The van der Waals surface area contributed by atoms with Crippen LogP contribution in [0.1, 0.15) is 230 Å². The van der Waals surface area contributed by atoms with Gasteiger partial charge in [0, 0.05) is 48.4 Å². The Morgan fingerprint density at radius 3 is 0.464 bits per heavy atom. The van der Waals surface area contributed by atoms with Gasteiger partial charge in [0.05, 0.1) is 0 Å². The van der Waals surface area contributed by atoms with Crippen molar-refractivity contribution in [2.24, 2.45) is 29.6 Å². The van der Waals surface area contributed by atoms with Crippen molar-refractivity contribution in [3.05, 3.63) is 0 Å². The van der Waals surface area contributed by atoms with E-state index >= 15 is 0 Å². The number of carboxylic acids is 5. The molecule has 1 radical (unpaired) electrons. The van der Waals surface area contributed by atoms with Crippen molar-refractivity contribution < 1.29 is 68.1 Å². The molecule has 0 fully saturated rings. The van der Waals surface area contributed by atoms with Gasteiger partial charge >= 0.3 is 0 Å². The minimum atomic E-state index is -0.875. The van der Waals surface area contributed by atoms with Crippen molar-refractivity contribution in [2.75, 3.05) is 0 Å². The molecule has 0 saturated heterocycles. The van der Waals surface area contributed by atoms with Crippen molar-refractivity contribution in [1.82, 2.24) is 0 Å². The fraction of sp³-hybridized carbons (Fsp3) is 0.889. The van der Waals surface area contributed by atoms with Crippen LogP contribution >= 0.6 is 0 Å². The quantitative estimate of drug-likeness (QED) is 0.0749. The maximum Gasteiger partial charge on any atom is 0.0445 e. The van der Waals surface area contributed by atoms with Crippen LogP contribution in [0.4, 0.5) is 0 Å². The first-order valence-electron chi connectivity index (χ1n) is 22.1. The molecule has 335 valence electrons. The second-order valence-corrected chi connectivity index (χ2v) is 14.7. The Balaban J connectivity index is -0.000000139. The monoisotopic (exact) mass is 837 g/mol. The number of carbonyl (C=O) groups is 5. The van der Waals surface area contributed by atoms with Crippen LogP contribution in [-0.2, 0) is 42.5 Å². The van der Waals surface area contributed by atoms with Crippen LogP contribution in [0.25, 0.3) is 0 Å². The van der Waals surface area contributed by atoms with E-state index in [1.54, 1.807) is 0 Å². The van der Waals surface area contributed by atoms with Gasteiger partial charge in [0.25, 0.3) is 0 Å². The molecule has 0 aliphatic rings. The van der Waals surface area contributed by atoms with Crippen molar-refractivity contribution in [2.45, 2.75) is 230 Å². The van der Waals surface area contributed by atoms with E-state index in [2.05, 4.69) is 34.6 Å². The average molecular weight is 837 g/mol. The molecule has 0 heterocycles. The molecule has 11 heteroatoms. The Morgan fingerprint density at radius 1 is 0.268 bits per heavy atom. The Hall–Kier alpha value is -2.07. The second kappa shape index (κ2) is 51.0. The maximum absolute atomic E-state index is 10.5. The minimum absolute atomic E-state index is 0. The SMILES string of the molecule is CCCCC(CCC)C(=O)[O-].CCCCC(CCC)C(=O)[O-].CCCCC(CCC)C(=O)[O-].CCCCC(CCC)C(=O)[O-].CCCCC(CCC)C(=O)[O-].[V]. The molecule has 0 rings (SSSR count). The summed E-state index contributed by atoms with van der Waals surface area (Å²) in [5.41, 5.74) is 0. The van der Waals surface area contributed by atoms with E-state index in [1.165, 1.54) is 0 Å². The van der Waals surface area contributed by atoms with Crippen molar-refractivity contribution >= 4 is 29.8 Å². The van der Waals surface area contributed by atoms with Gasteiger partial charge in [0.1, 0.15) is 0 Å². The van der Waals surface area contributed by atoms with Crippen LogP contribution < -0.4 is 25.5 Å². The summed E-state index contributed by atoms with van der Waals surface area (Å²) in [4.78, 5) is 52.4. The Labute approximate surface area is 356 Å². The smallest absolute Gasteiger partial charge is 0.0445 e. The van der Waals surface area contributed by atoms with Gasteiger partial charge in [-0.3, -0.25) is 0 Å². The van der Waals surface area contributed by atoms with E-state index in [4.69, 9.17) is 0 Å². The van der Waals surface area contributed by atoms with Crippen LogP contribution in [-0.4, -0.2) is 29.8 Å². The molecule has 0 aromatic rings. The number of carboxylic acid groups (broad SMARTS) is 5. The molecule has 0 saturated carbocycles. The summed E-state index contributed by atoms with van der Waals surface area (Å²) in [5.74, 6) is -5.42. The zero-order valence-corrected chi connectivity index (χ0v) is 39.0. The standard InChI is InChI=1S/5C9H18O2.V/c5*1-3-5-7-8(6-4-2)9(10)11;/h5*8H,3-7H2,1-2H3,(H,10,11);/p-5. The molecule has 0 bridgehead atoms. The number of hydrogen-bond donors (Lipinski definition) is 0. The molecule has 0 aromatic heterocycles. The van der Waals surface area contributed by atoms with Crippen LogP contribution in [0, 0.1) is 29.6 Å². The van der Waals surface area contributed by atoms with Gasteiger partial charge in [-0.05, 0) is 93.8 Å². The number of aliphatic carboxylic acids is 5. The third kappa shape index (κ3) is 48.1. The number of rotatable bonds is 30. The van der Waals surface area contributed by atoms with E-state index in [1.807, 2.05) is 34.6 Å². The molecule has 5 atom stereocenters. The molecular formula is C45H85O10V-5. The molecule has 5 unspecified atom stereocenters. The van der Waals surface area contributed by atoms with Crippen molar-refractivity contribution in [3.63, 3.8) is 0 Å². The predicted molar refractivity (Wildman–Crippen MR) is 215 cm³/mol. The molecule has 0 amide bonds. The van der Waals surface area contributed by atoms with E-state index in [-0.39, 0.29) is 48.1 Å². The van der Waals surface area contributed by atoms with Crippen molar-refractivity contribution in [3.8, 4) is 0 Å². The van der Waals surface area contributed by atoms with Crippen LogP contribution in [0.2, 0.25) is 0 Å². The average Bonchev–Trinajstić information content (AvgIpc) is 3.14. The zero-order valence-electron chi connectivity index (χ0n) is 37.6. The van der Waals surface area contributed by atoms with Gasteiger partial charge in [0.15, 0.2) is 0 Å². The third-order valence-corrected chi connectivity index (χ3v) is 9.38. The normalized spacial score (nSPS) is 12.7. The molecule has 0 spiro atoms. The number of hydrogen-bond acceptors (Lipinski definition) is 10. The fourth-order valence-corrected chi connectivity index (χ4v) is 5.90. The first kappa shape index (κ1) is 65.8. The maximum atomic E-state index is 10.5. The summed E-state index contributed by atoms with van der Waals surface area (Å²) in [7, 11) is 0. The van der Waals surface area contributed by atoms with Crippen LogP contribution in [0.3, 0.4) is 0 Å². The molecule has 0 aromatic carbocycles. The van der Waals surface area contributed by atoms with Gasteiger partial charge in [-0.1, -0.05) is 166 Å². The first-order valence-corrected chi connectivity index (χ1v) is 22.1. The van der Waals surface area contributed by atoms with Crippen molar-refractivity contribution in [1.29, 1.82) is 0 Å². The number of carbonyl (C=O) groups excluding carboxylic acids is 5. The Kier molecular flexibility index (Phi) is 59.8. The minimum Gasteiger partial charge on any atom is -0.550 e. The molecule has 0 N–H and O–H groups in total. The molecule has 0 aliphatic heterocycles. The Morgan fingerprint density at radius 2 is 0.393 bits per heavy atom. The van der Waals surface area contributed by atoms with E-state index in [9.17, 15) is 49.5 Å². The van der Waals surface area contributed by atoms with Gasteiger partial charge < -0.3 is 49.5 Å². The zero-order chi connectivity index (χ0) is 43.5. The van der Waals surface area contributed by atoms with E-state index in [0.717, 1.165) is 161 Å². The largest absolute Gasteiger partial charge is 0.550 e. The molecule has 0 aliphatic carbocycles. The number of unbranched alkanes of at least 4 members (excludes halogenated alkanes) is 5. The summed E-state index contributed by atoms with van der Waals surface area (Å²) in [6.45, 7) is 20.3. The summed E-state index contributed by atoms with van der Waals surface area (Å²) >= 11 is 0. The van der Waals surface area contributed by atoms with Crippen LogP contribution in [0.5, 0.6) is 0 Å². The van der Waals surface area contributed by atoms with Gasteiger partial charge in [0.2, 0.25) is 0 Å². The fourth-order valence-electron chi connectivity index (χ4n) is 5.90.